The van der Waals surface area contributed by atoms with Gasteiger partial charge in [0, 0.05) is 74.8 Å². The molecule has 0 aromatic carbocycles. The largest absolute Gasteiger partial charge is 0.354 e. The van der Waals surface area contributed by atoms with Gasteiger partial charge in [-0.25, -0.2) is 15.0 Å². The summed E-state index contributed by atoms with van der Waals surface area (Å²) < 4.78 is 2.10. The highest BCUT2D eigenvalue weighted by atomic mass is 15.3. The molecule has 0 bridgehead atoms. The summed E-state index contributed by atoms with van der Waals surface area (Å²) in [5.74, 6) is 3.09. The summed E-state index contributed by atoms with van der Waals surface area (Å²) in [5.41, 5.74) is 3.63. The minimum Gasteiger partial charge on any atom is -0.354 e. The van der Waals surface area contributed by atoms with Gasteiger partial charge >= 0.3 is 0 Å². The smallest absolute Gasteiger partial charge is 0.161 e. The number of hydrogen-bond acceptors (Lipinski definition) is 6. The Morgan fingerprint density at radius 3 is 2.54 bits per heavy atom. The number of imidazole rings is 1. The van der Waals surface area contributed by atoms with Gasteiger partial charge in [-0.15, -0.1) is 0 Å². The van der Waals surface area contributed by atoms with E-state index in [0.29, 0.717) is 0 Å². The predicted molar refractivity (Wildman–Crippen MR) is 108 cm³/mol. The van der Waals surface area contributed by atoms with E-state index in [1.165, 1.54) is 17.7 Å². The average molecular weight is 375 g/mol. The van der Waals surface area contributed by atoms with Crippen LogP contribution in [0, 0.1) is 0 Å². The number of nitrogens with zero attached hydrogens (tertiary/aromatic N) is 7. The van der Waals surface area contributed by atoms with Gasteiger partial charge in [0.15, 0.2) is 5.82 Å². The Balaban J connectivity index is 1.37. The van der Waals surface area contributed by atoms with E-state index in [9.17, 15) is 0 Å². The molecule has 3 aromatic rings. The highest BCUT2D eigenvalue weighted by Gasteiger charge is 2.26. The first kappa shape index (κ1) is 17.3. The van der Waals surface area contributed by atoms with Crippen LogP contribution in [0.5, 0.6) is 0 Å². The number of pyridine rings is 1. The van der Waals surface area contributed by atoms with Gasteiger partial charge in [0.2, 0.25) is 0 Å². The molecule has 1 fully saturated rings. The van der Waals surface area contributed by atoms with Crippen LogP contribution in [-0.2, 0) is 26.4 Å². The minimum atomic E-state index is 0.827. The van der Waals surface area contributed by atoms with E-state index < -0.39 is 0 Å². The summed E-state index contributed by atoms with van der Waals surface area (Å²) in [5, 5.41) is 0. The second-order valence-corrected chi connectivity index (χ2v) is 7.60. The number of fused-ring (bicyclic) bond motifs is 1. The van der Waals surface area contributed by atoms with Crippen LogP contribution in [0.1, 0.15) is 23.5 Å². The molecule has 7 nitrogen and oxygen atoms in total. The molecule has 1 saturated heterocycles. The molecule has 0 saturated carbocycles. The van der Waals surface area contributed by atoms with E-state index >= 15 is 0 Å². The topological polar surface area (TPSA) is 63.0 Å². The van der Waals surface area contributed by atoms with Gasteiger partial charge in [-0.3, -0.25) is 9.88 Å². The van der Waals surface area contributed by atoms with Gasteiger partial charge < -0.3 is 9.47 Å². The summed E-state index contributed by atoms with van der Waals surface area (Å²) >= 11 is 0. The van der Waals surface area contributed by atoms with Crippen molar-refractivity contribution in [2.24, 2.45) is 7.05 Å². The Hall–Kier alpha value is -2.80. The average Bonchev–Trinajstić information content (AvgIpc) is 3.37. The highest BCUT2D eigenvalue weighted by molar-refractivity contribution is 5.61. The van der Waals surface area contributed by atoms with E-state index in [1.54, 1.807) is 0 Å². The third-order valence-electron chi connectivity index (χ3n) is 5.81. The Bertz CT molecular complexity index is 958. The zero-order valence-electron chi connectivity index (χ0n) is 16.3. The summed E-state index contributed by atoms with van der Waals surface area (Å²) in [4.78, 5) is 23.4. The molecule has 7 heteroatoms. The van der Waals surface area contributed by atoms with Crippen molar-refractivity contribution < 1.29 is 0 Å². The van der Waals surface area contributed by atoms with Crippen LogP contribution in [0.3, 0.4) is 0 Å². The third kappa shape index (κ3) is 3.26. The zero-order chi connectivity index (χ0) is 18.9. The molecule has 0 radical (unpaired) electrons. The molecule has 0 unspecified atom stereocenters. The lowest BCUT2D eigenvalue weighted by Gasteiger charge is -2.36. The summed E-state index contributed by atoms with van der Waals surface area (Å²) in [6, 6.07) is 3.98. The van der Waals surface area contributed by atoms with Crippen molar-refractivity contribution in [3.8, 4) is 11.4 Å². The molecular weight excluding hydrogens is 350 g/mol. The van der Waals surface area contributed by atoms with Crippen molar-refractivity contribution in [3.63, 3.8) is 0 Å². The molecule has 0 amide bonds. The first-order valence-corrected chi connectivity index (χ1v) is 10.0. The van der Waals surface area contributed by atoms with Crippen molar-refractivity contribution in [3.05, 3.63) is 54.0 Å². The van der Waals surface area contributed by atoms with Gasteiger partial charge in [0.1, 0.15) is 11.6 Å². The predicted octanol–water partition coefficient (Wildman–Crippen LogP) is 2.08. The summed E-state index contributed by atoms with van der Waals surface area (Å²) in [6.45, 7) is 4.93. The monoisotopic (exact) mass is 375 g/mol. The molecule has 0 N–H and O–H groups in total. The fourth-order valence-electron chi connectivity index (χ4n) is 4.17. The number of aryl methyl sites for hydroxylation is 2. The first-order chi connectivity index (χ1) is 13.8. The minimum absolute atomic E-state index is 0.827. The lowest BCUT2D eigenvalue weighted by molar-refractivity contribution is 0.241. The Labute approximate surface area is 165 Å². The number of piperazine rings is 1. The number of aromatic nitrogens is 5. The maximum absolute atomic E-state index is 5.01. The fraction of sp³-hybridized carbons (Fsp3) is 0.429. The molecule has 5 rings (SSSR count). The molecule has 1 aliphatic carbocycles. The maximum Gasteiger partial charge on any atom is 0.161 e. The number of rotatable bonds is 4. The normalized spacial score (nSPS) is 17.1. The van der Waals surface area contributed by atoms with Gasteiger partial charge in [0.25, 0.3) is 0 Å². The summed E-state index contributed by atoms with van der Waals surface area (Å²) in [6.07, 6.45) is 10.8. The zero-order valence-corrected chi connectivity index (χ0v) is 16.3. The Kier molecular flexibility index (Phi) is 4.52. The van der Waals surface area contributed by atoms with Crippen LogP contribution in [0.15, 0.2) is 36.9 Å². The van der Waals surface area contributed by atoms with Crippen molar-refractivity contribution in [1.29, 1.82) is 0 Å². The fourth-order valence-corrected chi connectivity index (χ4v) is 4.17. The summed E-state index contributed by atoms with van der Waals surface area (Å²) in [7, 11) is 2.06. The molecule has 28 heavy (non-hydrogen) atoms. The van der Waals surface area contributed by atoms with E-state index in [-0.39, 0.29) is 0 Å². The van der Waals surface area contributed by atoms with E-state index in [0.717, 1.165) is 68.6 Å². The standard InChI is InChI=1S/C21H25N7/c1-26-10-9-23-19(26)15-27-11-13-28(14-12-27)21-17-3-2-4-18(17)24-20(25-21)16-5-7-22-8-6-16/h5-10H,2-4,11-15H2,1H3. The Morgan fingerprint density at radius 1 is 0.964 bits per heavy atom. The van der Waals surface area contributed by atoms with Gasteiger partial charge in [-0.05, 0) is 31.4 Å². The van der Waals surface area contributed by atoms with Crippen molar-refractivity contribution in [2.45, 2.75) is 25.8 Å². The van der Waals surface area contributed by atoms with Crippen molar-refractivity contribution in [1.82, 2.24) is 29.4 Å². The van der Waals surface area contributed by atoms with Crippen LogP contribution >= 0.6 is 0 Å². The van der Waals surface area contributed by atoms with Crippen LogP contribution in [0.4, 0.5) is 5.82 Å². The lowest BCUT2D eigenvalue weighted by Crippen LogP contribution is -2.46. The molecule has 144 valence electrons. The second kappa shape index (κ2) is 7.31. The molecule has 4 heterocycles. The van der Waals surface area contributed by atoms with E-state index in [4.69, 9.17) is 9.97 Å². The lowest BCUT2D eigenvalue weighted by atomic mass is 10.1. The van der Waals surface area contributed by atoms with Crippen molar-refractivity contribution in [2.75, 3.05) is 31.1 Å². The van der Waals surface area contributed by atoms with Gasteiger partial charge in [0.05, 0.1) is 6.54 Å². The van der Waals surface area contributed by atoms with E-state index in [2.05, 4.69) is 31.4 Å². The molecule has 1 aliphatic heterocycles. The first-order valence-electron chi connectivity index (χ1n) is 10.0. The molecule has 2 aliphatic rings. The second-order valence-electron chi connectivity index (χ2n) is 7.60. The van der Waals surface area contributed by atoms with Gasteiger partial charge in [-0.2, -0.15) is 0 Å². The van der Waals surface area contributed by atoms with Crippen LogP contribution in [0.2, 0.25) is 0 Å². The third-order valence-corrected chi connectivity index (χ3v) is 5.81. The molecule has 3 aromatic heterocycles. The number of hydrogen-bond donors (Lipinski definition) is 0. The molecule has 0 atom stereocenters. The SMILES string of the molecule is Cn1ccnc1CN1CCN(c2nc(-c3ccncc3)nc3c2CCC3)CC1. The number of anilines is 1. The van der Waals surface area contributed by atoms with Crippen LogP contribution < -0.4 is 4.90 Å². The molecular formula is C21H25N7. The molecule has 0 spiro atoms. The highest BCUT2D eigenvalue weighted by Crippen LogP contribution is 2.31. The quantitative estimate of drug-likeness (QED) is 0.696. The van der Waals surface area contributed by atoms with E-state index in [1.807, 2.05) is 36.9 Å². The van der Waals surface area contributed by atoms with Gasteiger partial charge in [-0.1, -0.05) is 0 Å². The van der Waals surface area contributed by atoms with Crippen molar-refractivity contribution >= 4 is 5.82 Å². The van der Waals surface area contributed by atoms with Crippen LogP contribution in [-0.4, -0.2) is 55.6 Å². The Morgan fingerprint density at radius 2 is 1.79 bits per heavy atom. The van der Waals surface area contributed by atoms with Crippen LogP contribution in [0.25, 0.3) is 11.4 Å². The maximum atomic E-state index is 5.01.